The van der Waals surface area contributed by atoms with E-state index in [9.17, 15) is 0 Å². The summed E-state index contributed by atoms with van der Waals surface area (Å²) in [6.45, 7) is 1.06. The van der Waals surface area contributed by atoms with Crippen LogP contribution in [0.3, 0.4) is 0 Å². The molecule has 0 aliphatic carbocycles. The Bertz CT molecular complexity index is 515. The summed E-state index contributed by atoms with van der Waals surface area (Å²) in [5.74, 6) is 1.29. The monoisotopic (exact) mass is 244 g/mol. The van der Waals surface area contributed by atoms with Crippen LogP contribution in [0, 0.1) is 0 Å². The molecule has 1 aromatic heterocycles. The molecule has 2 rings (SSSR count). The van der Waals surface area contributed by atoms with E-state index in [0.29, 0.717) is 19.0 Å². The van der Waals surface area contributed by atoms with Crippen molar-refractivity contribution in [3.8, 4) is 16.9 Å². The molecule has 4 nitrogen and oxygen atoms in total. The van der Waals surface area contributed by atoms with Crippen LogP contribution in [0.5, 0.6) is 5.75 Å². The van der Waals surface area contributed by atoms with E-state index in [1.54, 1.807) is 13.3 Å². The second-order valence-electron chi connectivity index (χ2n) is 3.77. The van der Waals surface area contributed by atoms with Gasteiger partial charge in [0.15, 0.2) is 0 Å². The van der Waals surface area contributed by atoms with E-state index in [1.165, 1.54) is 0 Å². The first-order valence-electron chi connectivity index (χ1n) is 5.74. The van der Waals surface area contributed by atoms with E-state index in [1.807, 2.05) is 36.4 Å². The number of nitrogens with zero attached hydrogens (tertiary/aromatic N) is 1. The largest absolute Gasteiger partial charge is 0.491 e. The first kappa shape index (κ1) is 12.4. The van der Waals surface area contributed by atoms with Crippen molar-refractivity contribution in [1.29, 1.82) is 0 Å². The summed E-state index contributed by atoms with van der Waals surface area (Å²) in [7, 11) is 1.65. The lowest BCUT2D eigenvalue weighted by Gasteiger charge is -2.12. The van der Waals surface area contributed by atoms with E-state index in [4.69, 9.17) is 15.2 Å². The predicted molar refractivity (Wildman–Crippen MR) is 71.5 cm³/mol. The number of methoxy groups -OCH3 is 1. The molecule has 0 aliphatic rings. The zero-order chi connectivity index (χ0) is 12.8. The first-order chi connectivity index (χ1) is 8.83. The van der Waals surface area contributed by atoms with Crippen molar-refractivity contribution in [3.63, 3.8) is 0 Å². The molecule has 1 aromatic carbocycles. The lowest BCUT2D eigenvalue weighted by atomic mass is 10.1. The molecule has 0 atom stereocenters. The number of benzene rings is 1. The SMILES string of the molecule is COCCOc1ccccc1-c1cccnc1N. The third-order valence-corrected chi connectivity index (χ3v) is 2.56. The van der Waals surface area contributed by atoms with Crippen LogP contribution in [0.15, 0.2) is 42.6 Å². The van der Waals surface area contributed by atoms with Gasteiger partial charge in [-0.1, -0.05) is 18.2 Å². The fraction of sp³-hybridized carbons (Fsp3) is 0.214. The number of pyridine rings is 1. The highest BCUT2D eigenvalue weighted by atomic mass is 16.5. The molecule has 0 spiro atoms. The molecule has 0 radical (unpaired) electrons. The number of anilines is 1. The number of hydrogen-bond acceptors (Lipinski definition) is 4. The first-order valence-corrected chi connectivity index (χ1v) is 5.74. The number of aromatic nitrogens is 1. The quantitative estimate of drug-likeness (QED) is 0.820. The molecule has 0 unspecified atom stereocenters. The van der Waals surface area contributed by atoms with Crippen LogP contribution in [0.4, 0.5) is 5.82 Å². The van der Waals surface area contributed by atoms with Crippen LogP contribution >= 0.6 is 0 Å². The van der Waals surface area contributed by atoms with Crippen molar-refractivity contribution < 1.29 is 9.47 Å². The van der Waals surface area contributed by atoms with Gasteiger partial charge in [0.05, 0.1) is 6.61 Å². The zero-order valence-electron chi connectivity index (χ0n) is 10.3. The second-order valence-corrected chi connectivity index (χ2v) is 3.77. The van der Waals surface area contributed by atoms with Crippen LogP contribution < -0.4 is 10.5 Å². The molecular formula is C14H16N2O2. The Kier molecular flexibility index (Phi) is 4.15. The van der Waals surface area contributed by atoms with Gasteiger partial charge in [-0.25, -0.2) is 4.98 Å². The molecule has 2 N–H and O–H groups in total. The maximum Gasteiger partial charge on any atom is 0.131 e. The van der Waals surface area contributed by atoms with Gasteiger partial charge in [0.1, 0.15) is 18.2 Å². The van der Waals surface area contributed by atoms with Crippen molar-refractivity contribution in [1.82, 2.24) is 4.98 Å². The lowest BCUT2D eigenvalue weighted by Crippen LogP contribution is -2.05. The van der Waals surface area contributed by atoms with Crippen molar-refractivity contribution in [2.24, 2.45) is 0 Å². The van der Waals surface area contributed by atoms with E-state index < -0.39 is 0 Å². The second kappa shape index (κ2) is 6.02. The van der Waals surface area contributed by atoms with Crippen molar-refractivity contribution in [3.05, 3.63) is 42.6 Å². The van der Waals surface area contributed by atoms with Gasteiger partial charge < -0.3 is 15.2 Å². The van der Waals surface area contributed by atoms with E-state index >= 15 is 0 Å². The van der Waals surface area contributed by atoms with E-state index in [-0.39, 0.29) is 0 Å². The Hall–Kier alpha value is -2.07. The summed E-state index contributed by atoms with van der Waals surface area (Å²) in [6.07, 6.45) is 1.67. The van der Waals surface area contributed by atoms with E-state index in [2.05, 4.69) is 4.98 Å². The summed E-state index contributed by atoms with van der Waals surface area (Å²) in [6, 6.07) is 11.6. The number of ether oxygens (including phenoxy) is 2. The highest BCUT2D eigenvalue weighted by Gasteiger charge is 2.08. The molecule has 0 bridgehead atoms. The minimum Gasteiger partial charge on any atom is -0.491 e. The minimum absolute atomic E-state index is 0.500. The third kappa shape index (κ3) is 2.78. The van der Waals surface area contributed by atoms with Crippen molar-refractivity contribution in [2.45, 2.75) is 0 Å². The average Bonchev–Trinajstić information content (AvgIpc) is 2.40. The normalized spacial score (nSPS) is 10.3. The summed E-state index contributed by atoms with van der Waals surface area (Å²) >= 11 is 0. The fourth-order valence-electron chi connectivity index (χ4n) is 1.70. The Morgan fingerprint density at radius 1 is 1.06 bits per heavy atom. The maximum atomic E-state index is 5.88. The Labute approximate surface area is 106 Å². The van der Waals surface area contributed by atoms with Gasteiger partial charge in [-0.3, -0.25) is 0 Å². The predicted octanol–water partition coefficient (Wildman–Crippen LogP) is 2.36. The van der Waals surface area contributed by atoms with Crippen LogP contribution in [-0.2, 0) is 4.74 Å². The number of hydrogen-bond donors (Lipinski definition) is 1. The van der Waals surface area contributed by atoms with Gasteiger partial charge in [-0.05, 0) is 18.2 Å². The van der Waals surface area contributed by atoms with Crippen molar-refractivity contribution >= 4 is 5.82 Å². The molecule has 0 saturated carbocycles. The topological polar surface area (TPSA) is 57.4 Å². The fourth-order valence-corrected chi connectivity index (χ4v) is 1.70. The molecule has 0 aliphatic heterocycles. The van der Waals surface area contributed by atoms with Crippen LogP contribution in [0.2, 0.25) is 0 Å². The number of para-hydroxylation sites is 1. The van der Waals surface area contributed by atoms with Gasteiger partial charge >= 0.3 is 0 Å². The van der Waals surface area contributed by atoms with E-state index in [0.717, 1.165) is 16.9 Å². The molecule has 0 fully saturated rings. The molecular weight excluding hydrogens is 228 g/mol. The van der Waals surface area contributed by atoms with Gasteiger partial charge in [0.25, 0.3) is 0 Å². The maximum absolute atomic E-state index is 5.88. The molecule has 0 saturated heterocycles. The number of nitrogen functional groups attached to an aromatic ring is 1. The average molecular weight is 244 g/mol. The smallest absolute Gasteiger partial charge is 0.131 e. The van der Waals surface area contributed by atoms with Crippen molar-refractivity contribution in [2.75, 3.05) is 26.1 Å². The number of nitrogens with two attached hydrogens (primary N) is 1. The summed E-state index contributed by atoms with van der Waals surface area (Å²) < 4.78 is 10.6. The summed E-state index contributed by atoms with van der Waals surface area (Å²) in [5, 5.41) is 0. The highest BCUT2D eigenvalue weighted by Crippen LogP contribution is 2.32. The molecule has 4 heteroatoms. The van der Waals surface area contributed by atoms with Gasteiger partial charge in [-0.2, -0.15) is 0 Å². The van der Waals surface area contributed by atoms with Crippen LogP contribution in [-0.4, -0.2) is 25.3 Å². The van der Waals surface area contributed by atoms with Gasteiger partial charge in [-0.15, -0.1) is 0 Å². The molecule has 0 amide bonds. The molecule has 94 valence electrons. The molecule has 2 aromatic rings. The molecule has 18 heavy (non-hydrogen) atoms. The minimum atomic E-state index is 0.500. The summed E-state index contributed by atoms with van der Waals surface area (Å²) in [4.78, 5) is 4.09. The Balaban J connectivity index is 2.30. The molecule has 1 heterocycles. The number of rotatable bonds is 5. The standard InChI is InChI=1S/C14H16N2O2/c1-17-9-10-18-13-7-3-2-5-11(13)12-6-4-8-16-14(12)15/h2-8H,9-10H2,1H3,(H2,15,16). The lowest BCUT2D eigenvalue weighted by molar-refractivity contribution is 0.146. The highest BCUT2D eigenvalue weighted by molar-refractivity contribution is 5.78. The Morgan fingerprint density at radius 2 is 1.83 bits per heavy atom. The van der Waals surface area contributed by atoms with Gasteiger partial charge in [0, 0.05) is 24.4 Å². The Morgan fingerprint density at radius 3 is 2.61 bits per heavy atom. The third-order valence-electron chi connectivity index (χ3n) is 2.56. The zero-order valence-corrected chi connectivity index (χ0v) is 10.3. The van der Waals surface area contributed by atoms with Crippen LogP contribution in [0.1, 0.15) is 0 Å². The van der Waals surface area contributed by atoms with Gasteiger partial charge in [0.2, 0.25) is 0 Å². The van der Waals surface area contributed by atoms with Crippen LogP contribution in [0.25, 0.3) is 11.1 Å². The summed E-state index contributed by atoms with van der Waals surface area (Å²) in [5.41, 5.74) is 7.71.